The van der Waals surface area contributed by atoms with Crippen LogP contribution in [0.5, 0.6) is 0 Å². The molecule has 0 saturated heterocycles. The lowest BCUT2D eigenvalue weighted by atomic mass is 10.1. The van der Waals surface area contributed by atoms with Gasteiger partial charge in [-0.2, -0.15) is 5.26 Å². The summed E-state index contributed by atoms with van der Waals surface area (Å²) in [6, 6.07) is 8.89. The fraction of sp³-hybridized carbons (Fsp3) is 0.467. The molecule has 2 unspecified atom stereocenters. The second-order valence-electron chi connectivity index (χ2n) is 5.28. The quantitative estimate of drug-likeness (QED) is 0.744. The predicted octanol–water partition coefficient (Wildman–Crippen LogP) is 2.33. The van der Waals surface area contributed by atoms with Crippen LogP contribution in [0.1, 0.15) is 29.3 Å². The summed E-state index contributed by atoms with van der Waals surface area (Å²) < 4.78 is 0. The van der Waals surface area contributed by atoms with Gasteiger partial charge in [0.1, 0.15) is 0 Å². The number of carbonyl (C=O) groups excluding carboxylic acids is 1. The van der Waals surface area contributed by atoms with Crippen molar-refractivity contribution in [1.82, 2.24) is 4.90 Å². The maximum atomic E-state index is 12.0. The van der Waals surface area contributed by atoms with Crippen molar-refractivity contribution >= 4 is 5.78 Å². The Morgan fingerprint density at radius 3 is 2.56 bits per heavy atom. The molecule has 3 nitrogen and oxygen atoms in total. The van der Waals surface area contributed by atoms with E-state index in [2.05, 4.69) is 17.9 Å². The minimum Gasteiger partial charge on any atom is -0.299 e. The minimum absolute atomic E-state index is 0.121. The number of hydrogen-bond acceptors (Lipinski definition) is 3. The molecule has 1 aliphatic carbocycles. The highest BCUT2D eigenvalue weighted by Crippen LogP contribution is 2.37. The second kappa shape index (κ2) is 5.32. The number of hydrogen-bond donors (Lipinski definition) is 0. The van der Waals surface area contributed by atoms with Gasteiger partial charge in [-0.1, -0.05) is 19.1 Å². The summed E-state index contributed by atoms with van der Waals surface area (Å²) in [5, 5.41) is 8.70. The van der Waals surface area contributed by atoms with Gasteiger partial charge in [0, 0.05) is 12.1 Å². The van der Waals surface area contributed by atoms with Gasteiger partial charge in [0.2, 0.25) is 0 Å². The molecule has 0 heterocycles. The topological polar surface area (TPSA) is 44.1 Å². The Morgan fingerprint density at radius 1 is 1.44 bits per heavy atom. The maximum Gasteiger partial charge on any atom is 0.176 e. The summed E-state index contributed by atoms with van der Waals surface area (Å²) >= 11 is 0. The zero-order valence-electron chi connectivity index (χ0n) is 10.9. The van der Waals surface area contributed by atoms with E-state index in [4.69, 9.17) is 5.26 Å². The molecule has 0 spiro atoms. The molecule has 0 bridgehead atoms. The summed E-state index contributed by atoms with van der Waals surface area (Å²) in [5.41, 5.74) is 1.27. The average molecular weight is 242 g/mol. The molecule has 1 aromatic carbocycles. The lowest BCUT2D eigenvalue weighted by Gasteiger charge is -2.15. The number of ketones is 1. The van der Waals surface area contributed by atoms with Gasteiger partial charge in [-0.25, -0.2) is 0 Å². The lowest BCUT2D eigenvalue weighted by molar-refractivity contribution is 0.0943. The van der Waals surface area contributed by atoms with Crippen LogP contribution in [-0.4, -0.2) is 30.8 Å². The number of nitriles is 1. The Bertz CT molecular complexity index is 472. The fourth-order valence-electron chi connectivity index (χ4n) is 2.19. The van der Waals surface area contributed by atoms with Crippen molar-refractivity contribution < 1.29 is 4.79 Å². The van der Waals surface area contributed by atoms with Gasteiger partial charge in [0.15, 0.2) is 5.78 Å². The minimum atomic E-state index is 0.121. The van der Waals surface area contributed by atoms with Crippen molar-refractivity contribution in [3.05, 3.63) is 35.4 Å². The van der Waals surface area contributed by atoms with Crippen LogP contribution in [0.25, 0.3) is 0 Å². The Hall–Kier alpha value is -1.66. The van der Waals surface area contributed by atoms with Crippen molar-refractivity contribution in [1.29, 1.82) is 5.26 Å². The van der Waals surface area contributed by atoms with Crippen LogP contribution in [0, 0.1) is 23.2 Å². The first-order valence-corrected chi connectivity index (χ1v) is 6.32. The first-order chi connectivity index (χ1) is 8.60. The van der Waals surface area contributed by atoms with Crippen LogP contribution in [0.15, 0.2) is 24.3 Å². The van der Waals surface area contributed by atoms with Crippen LogP contribution in [0.4, 0.5) is 0 Å². The van der Waals surface area contributed by atoms with Crippen LogP contribution in [0.2, 0.25) is 0 Å². The van der Waals surface area contributed by atoms with E-state index in [-0.39, 0.29) is 5.78 Å². The molecule has 0 N–H and O–H groups in total. The van der Waals surface area contributed by atoms with Gasteiger partial charge >= 0.3 is 0 Å². The van der Waals surface area contributed by atoms with Crippen LogP contribution < -0.4 is 0 Å². The summed E-state index contributed by atoms with van der Waals surface area (Å²) in [6.45, 7) is 3.71. The van der Waals surface area contributed by atoms with Gasteiger partial charge in [0.05, 0.1) is 18.2 Å². The van der Waals surface area contributed by atoms with Crippen LogP contribution in [0.3, 0.4) is 0 Å². The molecule has 2 atom stereocenters. The Morgan fingerprint density at radius 2 is 2.06 bits per heavy atom. The molecule has 18 heavy (non-hydrogen) atoms. The molecule has 1 aromatic rings. The predicted molar refractivity (Wildman–Crippen MR) is 70.3 cm³/mol. The third-order valence-corrected chi connectivity index (χ3v) is 3.57. The zero-order chi connectivity index (χ0) is 13.1. The molecule has 94 valence electrons. The summed E-state index contributed by atoms with van der Waals surface area (Å²) in [5.74, 6) is 1.71. The molecular weight excluding hydrogens is 224 g/mol. The highest BCUT2D eigenvalue weighted by molar-refractivity contribution is 5.97. The first kappa shape index (κ1) is 12.8. The van der Waals surface area contributed by atoms with Gasteiger partial charge in [-0.3, -0.25) is 9.69 Å². The van der Waals surface area contributed by atoms with Crippen molar-refractivity contribution in [3.63, 3.8) is 0 Å². The van der Waals surface area contributed by atoms with E-state index in [1.165, 1.54) is 6.42 Å². The third-order valence-electron chi connectivity index (χ3n) is 3.57. The molecular formula is C15H18N2O. The van der Waals surface area contributed by atoms with E-state index in [1.54, 1.807) is 24.3 Å². The van der Waals surface area contributed by atoms with E-state index < -0.39 is 0 Å². The second-order valence-corrected chi connectivity index (χ2v) is 5.28. The van der Waals surface area contributed by atoms with E-state index in [0.717, 1.165) is 18.4 Å². The van der Waals surface area contributed by atoms with Crippen molar-refractivity contribution in [2.75, 3.05) is 20.1 Å². The number of benzene rings is 1. The van der Waals surface area contributed by atoms with Crippen LogP contribution in [-0.2, 0) is 0 Å². The molecule has 0 amide bonds. The van der Waals surface area contributed by atoms with Crippen LogP contribution >= 0.6 is 0 Å². The van der Waals surface area contributed by atoms with Gasteiger partial charge in [0.25, 0.3) is 0 Å². The number of nitrogens with zero attached hydrogens (tertiary/aromatic N) is 2. The number of Topliss-reactive ketones (excluding diaryl/α,β-unsaturated/α-hetero) is 1. The summed E-state index contributed by atoms with van der Waals surface area (Å²) in [6.07, 6.45) is 1.29. The summed E-state index contributed by atoms with van der Waals surface area (Å²) in [7, 11) is 1.99. The Kier molecular flexibility index (Phi) is 3.78. The third kappa shape index (κ3) is 3.18. The van der Waals surface area contributed by atoms with Gasteiger partial charge in [-0.05, 0) is 37.4 Å². The molecule has 3 heteroatoms. The number of rotatable bonds is 5. The maximum absolute atomic E-state index is 12.0. The normalized spacial score (nSPS) is 21.7. The molecule has 1 fully saturated rings. The molecule has 1 aliphatic rings. The standard InChI is InChI=1S/C15H18N2O/c1-11-7-14(11)9-17(2)10-15(18)13-5-3-12(8-16)4-6-13/h3-6,11,14H,7,9-10H2,1-2H3. The van der Waals surface area contributed by atoms with Crippen molar-refractivity contribution in [3.8, 4) is 6.07 Å². The fourth-order valence-corrected chi connectivity index (χ4v) is 2.19. The molecule has 1 saturated carbocycles. The van der Waals surface area contributed by atoms with Crippen molar-refractivity contribution in [2.45, 2.75) is 13.3 Å². The van der Waals surface area contributed by atoms with Gasteiger partial charge in [-0.15, -0.1) is 0 Å². The average Bonchev–Trinajstić information content (AvgIpc) is 3.04. The number of likely N-dealkylation sites (N-methyl/N-ethyl adjacent to an activating group) is 1. The van der Waals surface area contributed by atoms with Crippen molar-refractivity contribution in [2.24, 2.45) is 11.8 Å². The number of carbonyl (C=O) groups is 1. The Labute approximate surface area is 108 Å². The summed E-state index contributed by atoms with van der Waals surface area (Å²) in [4.78, 5) is 14.1. The first-order valence-electron chi connectivity index (χ1n) is 6.32. The Balaban J connectivity index is 1.88. The SMILES string of the molecule is CC1CC1CN(C)CC(=O)c1ccc(C#N)cc1. The molecule has 0 radical (unpaired) electrons. The molecule has 0 aliphatic heterocycles. The smallest absolute Gasteiger partial charge is 0.176 e. The lowest BCUT2D eigenvalue weighted by Crippen LogP contribution is -2.28. The zero-order valence-corrected chi connectivity index (χ0v) is 10.9. The van der Waals surface area contributed by atoms with E-state index >= 15 is 0 Å². The van der Waals surface area contributed by atoms with E-state index in [1.807, 2.05) is 7.05 Å². The highest BCUT2D eigenvalue weighted by Gasteiger charge is 2.33. The van der Waals surface area contributed by atoms with E-state index in [0.29, 0.717) is 17.7 Å². The monoisotopic (exact) mass is 242 g/mol. The van der Waals surface area contributed by atoms with E-state index in [9.17, 15) is 4.79 Å². The van der Waals surface area contributed by atoms with Gasteiger partial charge < -0.3 is 0 Å². The largest absolute Gasteiger partial charge is 0.299 e. The highest BCUT2D eigenvalue weighted by atomic mass is 16.1. The molecule has 2 rings (SSSR count). The molecule has 0 aromatic heterocycles.